The number of nitrogens with zero attached hydrogens (tertiary/aromatic N) is 2. The topological polar surface area (TPSA) is 70.0 Å². The number of anilines is 1. The molecule has 5 nitrogen and oxygen atoms in total. The molecule has 1 aliphatic heterocycles. The van der Waals surface area contributed by atoms with Gasteiger partial charge in [0.05, 0.1) is 24.8 Å². The van der Waals surface area contributed by atoms with Crippen LogP contribution in [0.4, 0.5) is 5.69 Å². The molecule has 0 spiro atoms. The van der Waals surface area contributed by atoms with E-state index in [1.165, 1.54) is 11.1 Å². The second-order valence-corrected chi connectivity index (χ2v) is 6.04. The molecule has 2 aromatic rings. The Morgan fingerprint density at radius 2 is 1.88 bits per heavy atom. The molecule has 0 unspecified atom stereocenters. The van der Waals surface area contributed by atoms with Gasteiger partial charge in [0.1, 0.15) is 0 Å². The SMILES string of the molecule is Cc1cccc(N2C(=O)c3ccccc3[C@@H](C=NCCO)C2=O)c1C. The molecule has 0 radical (unpaired) electrons. The summed E-state index contributed by atoms with van der Waals surface area (Å²) in [6.45, 7) is 3.99. The van der Waals surface area contributed by atoms with E-state index >= 15 is 0 Å². The third kappa shape index (κ3) is 2.98. The Bertz CT molecular complexity index is 858. The van der Waals surface area contributed by atoms with Gasteiger partial charge in [-0.2, -0.15) is 0 Å². The van der Waals surface area contributed by atoms with Crippen LogP contribution < -0.4 is 4.90 Å². The molecule has 1 aliphatic rings. The van der Waals surface area contributed by atoms with Crippen LogP contribution in [0.5, 0.6) is 0 Å². The number of hydrogen-bond donors (Lipinski definition) is 1. The van der Waals surface area contributed by atoms with Gasteiger partial charge >= 0.3 is 0 Å². The Hall–Kier alpha value is -2.79. The number of aryl methyl sites for hydroxylation is 1. The fourth-order valence-electron chi connectivity index (χ4n) is 3.04. The van der Waals surface area contributed by atoms with Crippen LogP contribution in [0.3, 0.4) is 0 Å². The molecular formula is C20H20N2O3. The van der Waals surface area contributed by atoms with Crippen molar-refractivity contribution in [1.82, 2.24) is 0 Å². The molecule has 0 saturated heterocycles. The standard InChI is InChI=1S/C20H20N2O3/c1-13-6-5-9-18(14(13)2)22-19(24)16-8-4-3-7-15(16)17(20(22)25)12-21-10-11-23/h3-9,12,17,23H,10-11H2,1-2H3/t17-/m1/s1. The molecule has 0 aliphatic carbocycles. The lowest BCUT2D eigenvalue weighted by molar-refractivity contribution is -0.118. The molecule has 1 atom stereocenters. The average Bonchev–Trinajstić information content (AvgIpc) is 2.61. The van der Waals surface area contributed by atoms with Gasteiger partial charge in [0.25, 0.3) is 5.91 Å². The number of aliphatic imine (C=N–C) groups is 1. The molecule has 128 valence electrons. The number of fused-ring (bicyclic) bond motifs is 1. The third-order valence-corrected chi connectivity index (χ3v) is 4.52. The zero-order valence-corrected chi connectivity index (χ0v) is 14.3. The Balaban J connectivity index is 2.14. The average molecular weight is 336 g/mol. The van der Waals surface area contributed by atoms with Crippen LogP contribution in [-0.4, -0.2) is 36.3 Å². The highest BCUT2D eigenvalue weighted by atomic mass is 16.3. The Kier molecular flexibility index (Phi) is 4.76. The highest BCUT2D eigenvalue weighted by Crippen LogP contribution is 2.34. The highest BCUT2D eigenvalue weighted by Gasteiger charge is 2.39. The number of hydrogen-bond acceptors (Lipinski definition) is 4. The molecule has 25 heavy (non-hydrogen) atoms. The molecule has 5 heteroatoms. The largest absolute Gasteiger partial charge is 0.394 e. The first-order valence-corrected chi connectivity index (χ1v) is 8.20. The van der Waals surface area contributed by atoms with E-state index in [0.29, 0.717) is 16.8 Å². The molecule has 0 aromatic heterocycles. The van der Waals surface area contributed by atoms with Crippen molar-refractivity contribution in [2.45, 2.75) is 19.8 Å². The number of rotatable bonds is 4. The molecule has 2 amide bonds. The number of aliphatic hydroxyl groups is 1. The number of carbonyl (C=O) groups excluding carboxylic acids is 2. The Morgan fingerprint density at radius 1 is 1.12 bits per heavy atom. The number of aliphatic hydroxyl groups excluding tert-OH is 1. The van der Waals surface area contributed by atoms with Crippen LogP contribution >= 0.6 is 0 Å². The van der Waals surface area contributed by atoms with Crippen molar-refractivity contribution in [3.63, 3.8) is 0 Å². The van der Waals surface area contributed by atoms with Crippen molar-refractivity contribution < 1.29 is 14.7 Å². The summed E-state index contributed by atoms with van der Waals surface area (Å²) in [5.41, 5.74) is 3.67. The summed E-state index contributed by atoms with van der Waals surface area (Å²) in [7, 11) is 0. The van der Waals surface area contributed by atoms with Gasteiger partial charge in [0.2, 0.25) is 5.91 Å². The zero-order valence-electron chi connectivity index (χ0n) is 14.3. The minimum absolute atomic E-state index is 0.0846. The second kappa shape index (κ2) is 6.99. The molecular weight excluding hydrogens is 316 g/mol. The summed E-state index contributed by atoms with van der Waals surface area (Å²) < 4.78 is 0. The normalized spacial score (nSPS) is 17.2. The summed E-state index contributed by atoms with van der Waals surface area (Å²) >= 11 is 0. The fourth-order valence-corrected chi connectivity index (χ4v) is 3.04. The van der Waals surface area contributed by atoms with Gasteiger partial charge in [0.15, 0.2) is 0 Å². The molecule has 2 aromatic carbocycles. The first kappa shape index (κ1) is 17.0. The van der Waals surface area contributed by atoms with E-state index in [9.17, 15) is 9.59 Å². The van der Waals surface area contributed by atoms with E-state index in [1.54, 1.807) is 30.3 Å². The van der Waals surface area contributed by atoms with E-state index in [4.69, 9.17) is 5.11 Å². The smallest absolute Gasteiger partial charge is 0.265 e. The van der Waals surface area contributed by atoms with Crippen LogP contribution in [-0.2, 0) is 4.79 Å². The molecule has 0 fully saturated rings. The monoisotopic (exact) mass is 336 g/mol. The third-order valence-electron chi connectivity index (χ3n) is 4.52. The summed E-state index contributed by atoms with van der Waals surface area (Å²) in [5, 5.41) is 8.93. The lowest BCUT2D eigenvalue weighted by Gasteiger charge is -2.32. The van der Waals surface area contributed by atoms with Crippen molar-refractivity contribution >= 4 is 23.7 Å². The number of benzene rings is 2. The lowest BCUT2D eigenvalue weighted by Crippen LogP contribution is -2.46. The predicted octanol–water partition coefficient (Wildman–Crippen LogP) is 2.64. The zero-order chi connectivity index (χ0) is 18.0. The number of imide groups is 1. The number of amides is 2. The van der Waals surface area contributed by atoms with Crippen LogP contribution in [0.25, 0.3) is 0 Å². The van der Waals surface area contributed by atoms with Crippen molar-refractivity contribution in [1.29, 1.82) is 0 Å². The van der Waals surface area contributed by atoms with Crippen LogP contribution in [0.1, 0.15) is 33.0 Å². The summed E-state index contributed by atoms with van der Waals surface area (Å²) in [4.78, 5) is 31.5. The maximum atomic E-state index is 13.1. The Labute approximate surface area is 146 Å². The molecule has 1 N–H and O–H groups in total. The molecule has 3 rings (SSSR count). The number of carbonyl (C=O) groups is 2. The maximum Gasteiger partial charge on any atom is 0.265 e. The van der Waals surface area contributed by atoms with E-state index in [1.807, 2.05) is 26.0 Å². The first-order valence-electron chi connectivity index (χ1n) is 8.20. The minimum Gasteiger partial charge on any atom is -0.394 e. The quantitative estimate of drug-likeness (QED) is 0.689. The lowest BCUT2D eigenvalue weighted by atomic mass is 9.88. The summed E-state index contributed by atoms with van der Waals surface area (Å²) in [6.07, 6.45) is 1.53. The van der Waals surface area contributed by atoms with Gasteiger partial charge in [-0.1, -0.05) is 30.3 Å². The molecule has 0 saturated carbocycles. The minimum atomic E-state index is -0.639. The van der Waals surface area contributed by atoms with Crippen molar-refractivity contribution in [3.05, 3.63) is 64.7 Å². The van der Waals surface area contributed by atoms with Crippen molar-refractivity contribution in [3.8, 4) is 0 Å². The van der Waals surface area contributed by atoms with Gasteiger partial charge in [-0.05, 0) is 42.7 Å². The maximum absolute atomic E-state index is 13.1. The van der Waals surface area contributed by atoms with Crippen molar-refractivity contribution in [2.75, 3.05) is 18.1 Å². The summed E-state index contributed by atoms with van der Waals surface area (Å²) in [6, 6.07) is 12.7. The van der Waals surface area contributed by atoms with E-state index in [-0.39, 0.29) is 25.0 Å². The van der Waals surface area contributed by atoms with Gasteiger partial charge in [-0.15, -0.1) is 0 Å². The van der Waals surface area contributed by atoms with Gasteiger partial charge in [-0.3, -0.25) is 14.6 Å². The highest BCUT2D eigenvalue weighted by molar-refractivity contribution is 6.29. The van der Waals surface area contributed by atoms with Crippen LogP contribution in [0.2, 0.25) is 0 Å². The van der Waals surface area contributed by atoms with Gasteiger partial charge in [0, 0.05) is 11.8 Å². The van der Waals surface area contributed by atoms with E-state index in [0.717, 1.165) is 11.1 Å². The molecule has 0 bridgehead atoms. The summed E-state index contributed by atoms with van der Waals surface area (Å²) in [5.74, 6) is -1.28. The van der Waals surface area contributed by atoms with Crippen molar-refractivity contribution in [2.24, 2.45) is 4.99 Å². The fraction of sp³-hybridized carbons (Fsp3) is 0.250. The van der Waals surface area contributed by atoms with Gasteiger partial charge in [-0.25, -0.2) is 4.90 Å². The van der Waals surface area contributed by atoms with Crippen LogP contribution in [0, 0.1) is 13.8 Å². The Morgan fingerprint density at radius 3 is 2.64 bits per heavy atom. The first-order chi connectivity index (χ1) is 12.1. The van der Waals surface area contributed by atoms with Gasteiger partial charge < -0.3 is 5.11 Å². The predicted molar refractivity (Wildman–Crippen MR) is 97.4 cm³/mol. The van der Waals surface area contributed by atoms with E-state index in [2.05, 4.69) is 4.99 Å². The van der Waals surface area contributed by atoms with Crippen LogP contribution in [0.15, 0.2) is 47.5 Å². The second-order valence-electron chi connectivity index (χ2n) is 6.04. The molecule has 1 heterocycles. The van der Waals surface area contributed by atoms with E-state index < -0.39 is 5.92 Å².